The van der Waals surface area contributed by atoms with Gasteiger partial charge in [0.1, 0.15) is 4.49 Å². The lowest BCUT2D eigenvalue weighted by Gasteiger charge is -2.09. The van der Waals surface area contributed by atoms with Gasteiger partial charge in [-0.15, -0.1) is 0 Å². The van der Waals surface area contributed by atoms with Crippen LogP contribution in [-0.4, -0.2) is 5.91 Å². The summed E-state index contributed by atoms with van der Waals surface area (Å²) in [7, 11) is 0. The summed E-state index contributed by atoms with van der Waals surface area (Å²) in [5.41, 5.74) is -0.724. The maximum Gasteiger partial charge on any atom is 0.416 e. The first-order chi connectivity index (χ1) is 10.0. The molecule has 2 nitrogen and oxygen atoms in total. The molecule has 0 aromatic heterocycles. The minimum atomic E-state index is -4.39. The maximum absolute atomic E-state index is 12.5. The minimum Gasteiger partial charge on any atom is -0.326 e. The average Bonchev–Trinajstić information content (AvgIpc) is 2.89. The SMILES string of the molecule is CC1(C)[C@H](C(=O)Nc2ccc(C(F)(F)F)cc2)[C@@H]1C=C(Cl)Cl. The maximum atomic E-state index is 12.5. The van der Waals surface area contributed by atoms with Crippen LogP contribution in [0.2, 0.25) is 0 Å². The molecule has 0 aliphatic heterocycles. The second kappa shape index (κ2) is 5.78. The topological polar surface area (TPSA) is 29.1 Å². The van der Waals surface area contributed by atoms with Crippen molar-refractivity contribution in [3.63, 3.8) is 0 Å². The lowest BCUT2D eigenvalue weighted by Crippen LogP contribution is -2.17. The van der Waals surface area contributed by atoms with Crippen LogP contribution in [0.1, 0.15) is 19.4 Å². The van der Waals surface area contributed by atoms with Gasteiger partial charge in [0.25, 0.3) is 0 Å². The van der Waals surface area contributed by atoms with Crippen molar-refractivity contribution in [1.29, 1.82) is 0 Å². The van der Waals surface area contributed by atoms with Gasteiger partial charge in [0.2, 0.25) is 5.91 Å². The molecule has 1 fully saturated rings. The smallest absolute Gasteiger partial charge is 0.326 e. The summed E-state index contributed by atoms with van der Waals surface area (Å²) in [5, 5.41) is 2.62. The van der Waals surface area contributed by atoms with Crippen LogP contribution < -0.4 is 5.32 Å². The molecule has 1 aromatic carbocycles. The normalized spacial score (nSPS) is 22.9. The number of carbonyl (C=O) groups excluding carboxylic acids is 1. The van der Waals surface area contributed by atoms with Crippen molar-refractivity contribution >= 4 is 34.8 Å². The number of nitrogens with one attached hydrogen (secondary N) is 1. The molecule has 1 saturated carbocycles. The Morgan fingerprint density at radius 3 is 2.23 bits per heavy atom. The highest BCUT2D eigenvalue weighted by molar-refractivity contribution is 6.55. The quantitative estimate of drug-likeness (QED) is 0.792. The predicted molar refractivity (Wildman–Crippen MR) is 80.6 cm³/mol. The first kappa shape index (κ1) is 17.2. The van der Waals surface area contributed by atoms with Crippen molar-refractivity contribution in [3.05, 3.63) is 40.4 Å². The third-order valence-electron chi connectivity index (χ3n) is 3.98. The number of halogens is 5. The van der Waals surface area contributed by atoms with E-state index < -0.39 is 11.7 Å². The summed E-state index contributed by atoms with van der Waals surface area (Å²) in [6.07, 6.45) is -2.78. The van der Waals surface area contributed by atoms with Crippen LogP contribution in [-0.2, 0) is 11.0 Å². The number of rotatable bonds is 3. The molecule has 1 aromatic rings. The van der Waals surface area contributed by atoms with E-state index in [2.05, 4.69) is 5.32 Å². The highest BCUT2D eigenvalue weighted by atomic mass is 35.5. The Balaban J connectivity index is 2.06. The lowest BCUT2D eigenvalue weighted by atomic mass is 10.1. The molecule has 0 radical (unpaired) electrons. The van der Waals surface area contributed by atoms with E-state index in [-0.39, 0.29) is 27.6 Å². The van der Waals surface area contributed by atoms with Crippen molar-refractivity contribution in [2.75, 3.05) is 5.32 Å². The van der Waals surface area contributed by atoms with Gasteiger partial charge in [0.15, 0.2) is 0 Å². The molecule has 0 spiro atoms. The van der Waals surface area contributed by atoms with Crippen molar-refractivity contribution in [2.24, 2.45) is 17.3 Å². The highest BCUT2D eigenvalue weighted by Crippen LogP contribution is 2.60. The van der Waals surface area contributed by atoms with E-state index in [0.29, 0.717) is 5.69 Å². The van der Waals surface area contributed by atoms with Gasteiger partial charge in [-0.1, -0.05) is 37.0 Å². The molecular weight excluding hydrogens is 338 g/mol. The molecule has 7 heteroatoms. The van der Waals surface area contributed by atoms with Crippen molar-refractivity contribution < 1.29 is 18.0 Å². The van der Waals surface area contributed by atoms with E-state index >= 15 is 0 Å². The van der Waals surface area contributed by atoms with E-state index in [1.165, 1.54) is 12.1 Å². The van der Waals surface area contributed by atoms with E-state index in [9.17, 15) is 18.0 Å². The lowest BCUT2D eigenvalue weighted by molar-refractivity contribution is -0.137. The van der Waals surface area contributed by atoms with Crippen LogP contribution in [0, 0.1) is 17.3 Å². The molecule has 22 heavy (non-hydrogen) atoms. The summed E-state index contributed by atoms with van der Waals surface area (Å²) in [6.45, 7) is 3.81. The second-order valence-corrected chi connectivity index (χ2v) is 6.85. The zero-order chi connectivity index (χ0) is 16.7. The molecule has 2 rings (SSSR count). The van der Waals surface area contributed by atoms with Gasteiger partial charge >= 0.3 is 6.18 Å². The molecule has 0 saturated heterocycles. The summed E-state index contributed by atoms with van der Waals surface area (Å²) >= 11 is 11.2. The van der Waals surface area contributed by atoms with Gasteiger partial charge in [-0.05, 0) is 41.7 Å². The Morgan fingerprint density at radius 2 is 1.77 bits per heavy atom. The van der Waals surface area contributed by atoms with E-state index in [4.69, 9.17) is 23.2 Å². The van der Waals surface area contributed by atoms with Crippen LogP contribution in [0.3, 0.4) is 0 Å². The number of amides is 1. The standard InChI is InChI=1S/C15H14Cl2F3NO/c1-14(2)10(7-11(16)17)12(14)13(22)21-9-5-3-8(4-6-9)15(18,19)20/h3-7,10,12H,1-2H3,(H,21,22)/t10-,12-/m0/s1. The Hall–Kier alpha value is -1.20. The fourth-order valence-electron chi connectivity index (χ4n) is 2.59. The molecule has 1 aliphatic rings. The van der Waals surface area contributed by atoms with Crippen molar-refractivity contribution in [3.8, 4) is 0 Å². The molecule has 1 N–H and O–H groups in total. The zero-order valence-corrected chi connectivity index (χ0v) is 13.4. The number of hydrogen-bond donors (Lipinski definition) is 1. The van der Waals surface area contributed by atoms with Gasteiger partial charge in [0, 0.05) is 5.69 Å². The van der Waals surface area contributed by atoms with Gasteiger partial charge in [-0.25, -0.2) is 0 Å². The van der Waals surface area contributed by atoms with Crippen LogP contribution in [0.15, 0.2) is 34.8 Å². The minimum absolute atomic E-state index is 0.0908. The molecule has 0 bridgehead atoms. The summed E-state index contributed by atoms with van der Waals surface area (Å²) in [5.74, 6) is -0.671. The van der Waals surface area contributed by atoms with Gasteiger partial charge in [-0.3, -0.25) is 4.79 Å². The average molecular weight is 352 g/mol. The number of benzene rings is 1. The Bertz CT molecular complexity index is 604. The van der Waals surface area contributed by atoms with Crippen LogP contribution in [0.4, 0.5) is 18.9 Å². The molecular formula is C15H14Cl2F3NO. The largest absolute Gasteiger partial charge is 0.416 e. The van der Waals surface area contributed by atoms with Crippen molar-refractivity contribution in [2.45, 2.75) is 20.0 Å². The molecule has 1 aliphatic carbocycles. The fourth-order valence-corrected chi connectivity index (χ4v) is 2.86. The molecule has 1 amide bonds. The summed E-state index contributed by atoms with van der Waals surface area (Å²) in [6, 6.07) is 4.33. The zero-order valence-electron chi connectivity index (χ0n) is 11.8. The number of alkyl halides is 3. The summed E-state index contributed by atoms with van der Waals surface area (Å²) in [4.78, 5) is 12.2. The van der Waals surface area contributed by atoms with Crippen LogP contribution in [0.5, 0.6) is 0 Å². The first-order valence-electron chi connectivity index (χ1n) is 6.54. The molecule has 2 atom stereocenters. The highest BCUT2D eigenvalue weighted by Gasteiger charge is 2.60. The van der Waals surface area contributed by atoms with Gasteiger partial charge < -0.3 is 5.32 Å². The van der Waals surface area contributed by atoms with E-state index in [1.807, 2.05) is 13.8 Å². The van der Waals surface area contributed by atoms with Crippen LogP contribution >= 0.6 is 23.2 Å². The first-order valence-corrected chi connectivity index (χ1v) is 7.30. The second-order valence-electron chi connectivity index (χ2n) is 5.85. The molecule has 120 valence electrons. The third-order valence-corrected chi connectivity index (χ3v) is 4.23. The Kier molecular flexibility index (Phi) is 4.51. The number of anilines is 1. The summed E-state index contributed by atoms with van der Waals surface area (Å²) < 4.78 is 37.5. The van der Waals surface area contributed by atoms with Crippen molar-refractivity contribution in [1.82, 2.24) is 0 Å². The Labute approximate surface area is 136 Å². The number of carbonyl (C=O) groups is 1. The van der Waals surface area contributed by atoms with E-state index in [1.54, 1.807) is 6.08 Å². The Morgan fingerprint density at radius 1 is 1.23 bits per heavy atom. The fraction of sp³-hybridized carbons (Fsp3) is 0.400. The van der Waals surface area contributed by atoms with Crippen LogP contribution in [0.25, 0.3) is 0 Å². The molecule has 0 heterocycles. The third kappa shape index (κ3) is 3.58. The monoisotopic (exact) mass is 351 g/mol. The molecule has 0 unspecified atom stereocenters. The predicted octanol–water partition coefficient (Wildman–Crippen LogP) is 5.24. The number of hydrogen-bond acceptors (Lipinski definition) is 1. The number of allylic oxidation sites excluding steroid dienone is 1. The van der Waals surface area contributed by atoms with Gasteiger partial charge in [0.05, 0.1) is 11.5 Å². The van der Waals surface area contributed by atoms with Gasteiger partial charge in [-0.2, -0.15) is 13.2 Å². The van der Waals surface area contributed by atoms with E-state index in [0.717, 1.165) is 12.1 Å².